The summed E-state index contributed by atoms with van der Waals surface area (Å²) in [6.45, 7) is 4.94. The largest absolute Gasteiger partial charge is 0.462 e. The number of nitrogens with zero attached hydrogens (tertiary/aromatic N) is 1. The Balaban J connectivity index is 1.77. The third-order valence-corrected chi connectivity index (χ3v) is 6.21. The molecule has 2 saturated heterocycles. The normalized spacial score (nSPS) is 25.1. The van der Waals surface area contributed by atoms with Gasteiger partial charge in [-0.05, 0) is 56.1 Å². The van der Waals surface area contributed by atoms with E-state index in [0.717, 1.165) is 13.1 Å². The lowest BCUT2D eigenvalue weighted by molar-refractivity contribution is 0.0526. The molecule has 1 N–H and O–H groups in total. The van der Waals surface area contributed by atoms with Gasteiger partial charge in [-0.15, -0.1) is 0 Å². The molecule has 22 heavy (non-hydrogen) atoms. The van der Waals surface area contributed by atoms with Crippen molar-refractivity contribution in [3.8, 4) is 0 Å². The first-order chi connectivity index (χ1) is 10.5. The van der Waals surface area contributed by atoms with Gasteiger partial charge in [0.2, 0.25) is 10.0 Å². The number of carbonyl (C=O) groups is 1. The molecule has 2 heterocycles. The molecule has 0 unspecified atom stereocenters. The van der Waals surface area contributed by atoms with Gasteiger partial charge in [-0.1, -0.05) is 0 Å². The van der Waals surface area contributed by atoms with E-state index < -0.39 is 16.0 Å². The SMILES string of the molecule is CCOC(=O)c1ccc(S(=O)(=O)N2C[C@H]3CNC[C@H]3C2)cc1. The first-order valence-corrected chi connectivity index (χ1v) is 8.94. The second-order valence-electron chi connectivity index (χ2n) is 5.75. The second-order valence-corrected chi connectivity index (χ2v) is 7.68. The molecule has 0 radical (unpaired) electrons. The molecule has 0 amide bonds. The summed E-state index contributed by atoms with van der Waals surface area (Å²) in [4.78, 5) is 11.8. The summed E-state index contributed by atoms with van der Waals surface area (Å²) in [7, 11) is -3.48. The zero-order chi connectivity index (χ0) is 15.7. The Bertz CT molecular complexity index is 645. The van der Waals surface area contributed by atoms with Crippen molar-refractivity contribution in [3.05, 3.63) is 29.8 Å². The van der Waals surface area contributed by atoms with Crippen LogP contribution in [0.4, 0.5) is 0 Å². The van der Waals surface area contributed by atoms with Crippen LogP contribution in [0, 0.1) is 11.8 Å². The van der Waals surface area contributed by atoms with Crippen molar-refractivity contribution < 1.29 is 17.9 Å². The van der Waals surface area contributed by atoms with Gasteiger partial charge in [0.15, 0.2) is 0 Å². The van der Waals surface area contributed by atoms with Crippen LogP contribution in [0.2, 0.25) is 0 Å². The lowest BCUT2D eigenvalue weighted by atomic mass is 10.0. The molecular weight excluding hydrogens is 304 g/mol. The highest BCUT2D eigenvalue weighted by Crippen LogP contribution is 2.30. The van der Waals surface area contributed by atoms with Crippen LogP contribution in [0.1, 0.15) is 17.3 Å². The highest BCUT2D eigenvalue weighted by Gasteiger charge is 2.41. The molecule has 6 nitrogen and oxygen atoms in total. The highest BCUT2D eigenvalue weighted by atomic mass is 32.2. The number of fused-ring (bicyclic) bond motifs is 1. The first kappa shape index (κ1) is 15.5. The molecule has 0 aliphatic carbocycles. The minimum Gasteiger partial charge on any atom is -0.462 e. The molecule has 0 aromatic heterocycles. The van der Waals surface area contributed by atoms with Gasteiger partial charge in [-0.3, -0.25) is 0 Å². The summed E-state index contributed by atoms with van der Waals surface area (Å²) in [6, 6.07) is 5.97. The zero-order valence-electron chi connectivity index (χ0n) is 12.5. The quantitative estimate of drug-likeness (QED) is 0.825. The number of sulfonamides is 1. The Kier molecular flexibility index (Phi) is 4.20. The number of nitrogens with one attached hydrogen (secondary N) is 1. The second kappa shape index (κ2) is 5.98. The fourth-order valence-corrected chi connectivity index (χ4v) is 4.69. The number of carbonyl (C=O) groups excluding carboxylic acids is 1. The molecular formula is C15H20N2O4S. The van der Waals surface area contributed by atoms with Gasteiger partial charge < -0.3 is 10.1 Å². The van der Waals surface area contributed by atoms with Crippen LogP contribution in [0.25, 0.3) is 0 Å². The summed E-state index contributed by atoms with van der Waals surface area (Å²) < 4.78 is 31.8. The lowest BCUT2D eigenvalue weighted by Crippen LogP contribution is -2.32. The maximum atomic E-state index is 12.7. The Labute approximate surface area is 130 Å². The standard InChI is InChI=1S/C15H20N2O4S/c1-2-21-15(18)11-3-5-14(6-4-11)22(19,20)17-9-12-7-16-8-13(12)10-17/h3-6,12-13,16H,2,7-10H2,1H3/t12-,13+. The molecule has 2 aliphatic heterocycles. The molecule has 0 bridgehead atoms. The third-order valence-electron chi connectivity index (χ3n) is 4.36. The van der Waals surface area contributed by atoms with E-state index in [-0.39, 0.29) is 4.90 Å². The van der Waals surface area contributed by atoms with E-state index in [9.17, 15) is 13.2 Å². The number of benzene rings is 1. The van der Waals surface area contributed by atoms with Crippen LogP contribution in [0.15, 0.2) is 29.2 Å². The van der Waals surface area contributed by atoms with Crippen LogP contribution in [-0.2, 0) is 14.8 Å². The van der Waals surface area contributed by atoms with E-state index in [1.807, 2.05) is 0 Å². The van der Waals surface area contributed by atoms with Gasteiger partial charge in [0.1, 0.15) is 0 Å². The monoisotopic (exact) mass is 324 g/mol. The maximum absolute atomic E-state index is 12.7. The Morgan fingerprint density at radius 2 is 1.82 bits per heavy atom. The molecule has 0 spiro atoms. The molecule has 3 rings (SSSR count). The van der Waals surface area contributed by atoms with Crippen molar-refractivity contribution >= 4 is 16.0 Å². The zero-order valence-corrected chi connectivity index (χ0v) is 13.3. The van der Waals surface area contributed by atoms with Crippen molar-refractivity contribution in [2.45, 2.75) is 11.8 Å². The maximum Gasteiger partial charge on any atom is 0.338 e. The van der Waals surface area contributed by atoms with Crippen LogP contribution >= 0.6 is 0 Å². The summed E-state index contributed by atoms with van der Waals surface area (Å²) in [5.74, 6) is 0.385. The van der Waals surface area contributed by atoms with Crippen LogP contribution < -0.4 is 5.32 Å². The molecule has 1 aromatic rings. The van der Waals surface area contributed by atoms with E-state index >= 15 is 0 Å². The number of ether oxygens (including phenoxy) is 1. The third kappa shape index (κ3) is 2.76. The topological polar surface area (TPSA) is 75.7 Å². The van der Waals surface area contributed by atoms with Gasteiger partial charge in [-0.25, -0.2) is 13.2 Å². The summed E-state index contributed by atoms with van der Waals surface area (Å²) in [5, 5.41) is 3.30. The average molecular weight is 324 g/mol. The molecule has 7 heteroatoms. The number of hydrogen-bond donors (Lipinski definition) is 1. The smallest absolute Gasteiger partial charge is 0.338 e. The summed E-state index contributed by atoms with van der Waals surface area (Å²) >= 11 is 0. The molecule has 120 valence electrons. The van der Waals surface area contributed by atoms with E-state index in [1.165, 1.54) is 24.3 Å². The Morgan fingerprint density at radius 3 is 2.36 bits per heavy atom. The van der Waals surface area contributed by atoms with Crippen molar-refractivity contribution in [2.24, 2.45) is 11.8 Å². The van der Waals surface area contributed by atoms with Crippen molar-refractivity contribution in [3.63, 3.8) is 0 Å². The lowest BCUT2D eigenvalue weighted by Gasteiger charge is -2.17. The predicted molar refractivity (Wildman–Crippen MR) is 81.0 cm³/mol. The molecule has 2 aliphatic rings. The summed E-state index contributed by atoms with van der Waals surface area (Å²) in [5.41, 5.74) is 0.364. The molecule has 1 aromatic carbocycles. The van der Waals surface area contributed by atoms with Crippen LogP contribution in [0.5, 0.6) is 0 Å². The molecule has 2 fully saturated rings. The fraction of sp³-hybridized carbons (Fsp3) is 0.533. The number of rotatable bonds is 4. The first-order valence-electron chi connectivity index (χ1n) is 7.50. The molecule has 0 saturated carbocycles. The van der Waals surface area contributed by atoms with E-state index in [4.69, 9.17) is 4.74 Å². The van der Waals surface area contributed by atoms with Gasteiger partial charge in [0.05, 0.1) is 17.1 Å². The Morgan fingerprint density at radius 1 is 1.23 bits per heavy atom. The van der Waals surface area contributed by atoms with Gasteiger partial charge in [-0.2, -0.15) is 4.31 Å². The van der Waals surface area contributed by atoms with Gasteiger partial charge in [0, 0.05) is 13.1 Å². The number of esters is 1. The van der Waals surface area contributed by atoms with Gasteiger partial charge in [0.25, 0.3) is 0 Å². The van der Waals surface area contributed by atoms with Gasteiger partial charge >= 0.3 is 5.97 Å². The van der Waals surface area contributed by atoms with Crippen molar-refractivity contribution in [2.75, 3.05) is 32.8 Å². The minimum absolute atomic E-state index is 0.230. The Hall–Kier alpha value is -1.44. The fourth-order valence-electron chi connectivity index (χ4n) is 3.14. The van der Waals surface area contributed by atoms with E-state index in [1.54, 1.807) is 11.2 Å². The number of hydrogen-bond acceptors (Lipinski definition) is 5. The van der Waals surface area contributed by atoms with Crippen molar-refractivity contribution in [1.82, 2.24) is 9.62 Å². The predicted octanol–water partition coefficient (Wildman–Crippen LogP) is 0.703. The van der Waals surface area contributed by atoms with E-state index in [0.29, 0.717) is 37.1 Å². The van der Waals surface area contributed by atoms with E-state index in [2.05, 4.69) is 5.32 Å². The van der Waals surface area contributed by atoms with Crippen LogP contribution in [0.3, 0.4) is 0 Å². The summed E-state index contributed by atoms with van der Waals surface area (Å²) in [6.07, 6.45) is 0. The average Bonchev–Trinajstić information content (AvgIpc) is 3.09. The minimum atomic E-state index is -3.48. The van der Waals surface area contributed by atoms with Crippen LogP contribution in [-0.4, -0.2) is 51.5 Å². The molecule has 2 atom stereocenters. The van der Waals surface area contributed by atoms with Crippen molar-refractivity contribution in [1.29, 1.82) is 0 Å². The highest BCUT2D eigenvalue weighted by molar-refractivity contribution is 7.89.